The molecule has 1 fully saturated rings. The fourth-order valence-corrected chi connectivity index (χ4v) is 2.79. The number of urea groups is 1. The molecule has 3 amide bonds. The van der Waals surface area contributed by atoms with Crippen molar-refractivity contribution in [1.29, 1.82) is 0 Å². The lowest BCUT2D eigenvalue weighted by molar-refractivity contribution is -0.131. The maximum Gasteiger partial charge on any atom is 0.325 e. The largest absolute Gasteiger partial charge is 0.337 e. The second kappa shape index (κ2) is 5.49. The average molecular weight is 314 g/mol. The minimum atomic E-state index is -1.09. The molecule has 1 saturated heterocycles. The van der Waals surface area contributed by atoms with Crippen molar-refractivity contribution in [2.24, 2.45) is 0 Å². The van der Waals surface area contributed by atoms with Gasteiger partial charge < -0.3 is 9.84 Å². The standard InChI is InChI=1S/C16H18N4O3/c1-4-12-17-13(23-19-12)9-20-14(21)16(3,18-15(20)22)11-8-6-5-7-10(11)2/h5-8H,4,9H2,1-3H3,(H,18,22)/t16-/m1/s1. The SMILES string of the molecule is CCc1noc(CN2C(=O)N[C@](C)(c3ccccc3C)C2=O)n1. The van der Waals surface area contributed by atoms with Crippen molar-refractivity contribution in [3.05, 3.63) is 47.1 Å². The van der Waals surface area contributed by atoms with Crippen LogP contribution in [-0.4, -0.2) is 27.0 Å². The van der Waals surface area contributed by atoms with Gasteiger partial charge in [-0.25, -0.2) is 4.79 Å². The molecule has 0 bridgehead atoms. The van der Waals surface area contributed by atoms with Crippen molar-refractivity contribution < 1.29 is 14.1 Å². The molecule has 0 radical (unpaired) electrons. The van der Waals surface area contributed by atoms with Gasteiger partial charge in [0.1, 0.15) is 12.1 Å². The number of benzene rings is 1. The Balaban J connectivity index is 1.89. The van der Waals surface area contributed by atoms with Crippen LogP contribution in [0.15, 0.2) is 28.8 Å². The smallest absolute Gasteiger partial charge is 0.325 e. The van der Waals surface area contributed by atoms with E-state index < -0.39 is 11.6 Å². The molecule has 1 atom stereocenters. The molecule has 1 aromatic carbocycles. The summed E-state index contributed by atoms with van der Waals surface area (Å²) in [6, 6.07) is 7.04. The summed E-state index contributed by atoms with van der Waals surface area (Å²) in [7, 11) is 0. The Morgan fingerprint density at radius 2 is 2.04 bits per heavy atom. The lowest BCUT2D eigenvalue weighted by Gasteiger charge is -2.23. The van der Waals surface area contributed by atoms with E-state index in [1.54, 1.807) is 6.92 Å². The number of amides is 3. The maximum atomic E-state index is 12.8. The van der Waals surface area contributed by atoms with Gasteiger partial charge in [-0.3, -0.25) is 9.69 Å². The first-order valence-electron chi connectivity index (χ1n) is 7.47. The molecule has 2 heterocycles. The topological polar surface area (TPSA) is 88.3 Å². The Bertz CT molecular complexity index is 770. The van der Waals surface area contributed by atoms with Gasteiger partial charge >= 0.3 is 6.03 Å². The summed E-state index contributed by atoms with van der Waals surface area (Å²) in [6.07, 6.45) is 0.630. The minimum Gasteiger partial charge on any atom is -0.337 e. The number of nitrogens with zero attached hydrogens (tertiary/aromatic N) is 3. The van der Waals surface area contributed by atoms with Gasteiger partial charge in [-0.1, -0.05) is 36.3 Å². The lowest BCUT2D eigenvalue weighted by Crippen LogP contribution is -2.41. The normalized spacial score (nSPS) is 20.9. The lowest BCUT2D eigenvalue weighted by atomic mass is 9.88. The molecule has 0 spiro atoms. The highest BCUT2D eigenvalue weighted by Crippen LogP contribution is 2.31. The summed E-state index contributed by atoms with van der Waals surface area (Å²) in [5, 5.41) is 6.56. The van der Waals surface area contributed by atoms with E-state index in [-0.39, 0.29) is 18.3 Å². The maximum absolute atomic E-state index is 12.8. The number of nitrogens with one attached hydrogen (secondary N) is 1. The van der Waals surface area contributed by atoms with Gasteiger partial charge in [0.05, 0.1) is 0 Å². The Morgan fingerprint density at radius 3 is 2.70 bits per heavy atom. The molecule has 120 valence electrons. The number of carbonyl (C=O) groups excluding carboxylic acids is 2. The third-order valence-electron chi connectivity index (χ3n) is 4.08. The van der Waals surface area contributed by atoms with Crippen LogP contribution in [-0.2, 0) is 23.3 Å². The van der Waals surface area contributed by atoms with Crippen LogP contribution in [0.4, 0.5) is 4.79 Å². The van der Waals surface area contributed by atoms with E-state index in [2.05, 4.69) is 15.5 Å². The molecule has 7 heteroatoms. The second-order valence-electron chi connectivity index (χ2n) is 5.72. The number of carbonyl (C=O) groups is 2. The quantitative estimate of drug-likeness (QED) is 0.871. The fraction of sp³-hybridized carbons (Fsp3) is 0.375. The number of imide groups is 1. The molecule has 1 aromatic heterocycles. The van der Waals surface area contributed by atoms with E-state index in [1.807, 2.05) is 38.1 Å². The van der Waals surface area contributed by atoms with Crippen LogP contribution in [0.5, 0.6) is 0 Å². The number of aryl methyl sites for hydroxylation is 2. The highest BCUT2D eigenvalue weighted by molar-refractivity contribution is 6.07. The Hall–Kier alpha value is -2.70. The molecule has 7 nitrogen and oxygen atoms in total. The molecule has 3 rings (SSSR count). The summed E-state index contributed by atoms with van der Waals surface area (Å²) >= 11 is 0. The zero-order valence-electron chi connectivity index (χ0n) is 13.3. The third kappa shape index (κ3) is 2.48. The predicted octanol–water partition coefficient (Wildman–Crippen LogP) is 1.91. The van der Waals surface area contributed by atoms with Gasteiger partial charge in [0, 0.05) is 6.42 Å². The molecular formula is C16H18N4O3. The molecule has 0 saturated carbocycles. The van der Waals surface area contributed by atoms with E-state index in [4.69, 9.17) is 4.52 Å². The van der Waals surface area contributed by atoms with Gasteiger partial charge in [-0.15, -0.1) is 0 Å². The Labute approximate surface area is 133 Å². The minimum absolute atomic E-state index is 0.0286. The Kier molecular flexibility index (Phi) is 3.63. The van der Waals surface area contributed by atoms with Crippen molar-refractivity contribution in [3.63, 3.8) is 0 Å². The van der Waals surface area contributed by atoms with Gasteiger partial charge in [-0.2, -0.15) is 4.98 Å². The molecule has 0 unspecified atom stereocenters. The first-order valence-corrected chi connectivity index (χ1v) is 7.47. The van der Waals surface area contributed by atoms with Crippen molar-refractivity contribution in [2.75, 3.05) is 0 Å². The van der Waals surface area contributed by atoms with Crippen LogP contribution in [0, 0.1) is 6.92 Å². The van der Waals surface area contributed by atoms with Crippen molar-refractivity contribution in [2.45, 2.75) is 39.3 Å². The van der Waals surface area contributed by atoms with E-state index in [0.29, 0.717) is 12.2 Å². The van der Waals surface area contributed by atoms with Gasteiger partial charge in [0.15, 0.2) is 5.82 Å². The van der Waals surface area contributed by atoms with E-state index in [9.17, 15) is 9.59 Å². The molecule has 0 aliphatic carbocycles. The molecule has 2 aromatic rings. The van der Waals surface area contributed by atoms with Crippen LogP contribution < -0.4 is 5.32 Å². The molecule has 1 aliphatic heterocycles. The second-order valence-corrected chi connectivity index (χ2v) is 5.72. The number of aromatic nitrogens is 2. The van der Waals surface area contributed by atoms with E-state index >= 15 is 0 Å². The third-order valence-corrected chi connectivity index (χ3v) is 4.08. The molecular weight excluding hydrogens is 296 g/mol. The summed E-state index contributed by atoms with van der Waals surface area (Å²) in [4.78, 5) is 30.4. The highest BCUT2D eigenvalue weighted by atomic mass is 16.5. The first kappa shape index (κ1) is 15.2. The van der Waals surface area contributed by atoms with Gasteiger partial charge in [-0.05, 0) is 25.0 Å². The summed E-state index contributed by atoms with van der Waals surface area (Å²) in [6.45, 7) is 5.49. The van der Waals surface area contributed by atoms with E-state index in [0.717, 1.165) is 16.0 Å². The number of hydrogen-bond acceptors (Lipinski definition) is 5. The first-order chi connectivity index (χ1) is 11.0. The summed E-state index contributed by atoms with van der Waals surface area (Å²) < 4.78 is 5.08. The van der Waals surface area contributed by atoms with Crippen LogP contribution in [0.25, 0.3) is 0 Å². The van der Waals surface area contributed by atoms with Crippen LogP contribution >= 0.6 is 0 Å². The van der Waals surface area contributed by atoms with Crippen LogP contribution in [0.2, 0.25) is 0 Å². The zero-order valence-corrected chi connectivity index (χ0v) is 13.3. The molecule has 23 heavy (non-hydrogen) atoms. The monoisotopic (exact) mass is 314 g/mol. The van der Waals surface area contributed by atoms with Crippen LogP contribution in [0.1, 0.15) is 36.7 Å². The highest BCUT2D eigenvalue weighted by Gasteiger charge is 2.49. The number of rotatable bonds is 4. The predicted molar refractivity (Wildman–Crippen MR) is 81.3 cm³/mol. The molecule has 1 aliphatic rings. The average Bonchev–Trinajstić information content (AvgIpc) is 3.07. The number of hydrogen-bond donors (Lipinski definition) is 1. The zero-order chi connectivity index (χ0) is 16.6. The van der Waals surface area contributed by atoms with Gasteiger partial charge in [0.25, 0.3) is 5.91 Å². The van der Waals surface area contributed by atoms with Crippen molar-refractivity contribution in [3.8, 4) is 0 Å². The summed E-state index contributed by atoms with van der Waals surface area (Å²) in [5.41, 5.74) is 0.632. The van der Waals surface area contributed by atoms with Gasteiger partial charge in [0.2, 0.25) is 5.89 Å². The summed E-state index contributed by atoms with van der Waals surface area (Å²) in [5.74, 6) is 0.473. The molecule has 1 N–H and O–H groups in total. The van der Waals surface area contributed by atoms with Crippen LogP contribution in [0.3, 0.4) is 0 Å². The van der Waals surface area contributed by atoms with E-state index in [1.165, 1.54) is 0 Å². The van der Waals surface area contributed by atoms with Crippen molar-refractivity contribution >= 4 is 11.9 Å². The fourth-order valence-electron chi connectivity index (χ4n) is 2.79. The van der Waals surface area contributed by atoms with Crippen molar-refractivity contribution in [1.82, 2.24) is 20.4 Å². The Morgan fingerprint density at radius 1 is 1.30 bits per heavy atom.